The second-order valence-corrected chi connectivity index (χ2v) is 9.28. The van der Waals surface area contributed by atoms with Crippen LogP contribution < -0.4 is 4.83 Å². The molecular formula is C18H26N2O6S. The number of hydrazone groups is 1. The van der Waals surface area contributed by atoms with Gasteiger partial charge in [0.05, 0.1) is 17.7 Å². The van der Waals surface area contributed by atoms with E-state index in [4.69, 9.17) is 18.9 Å². The molecule has 2 fully saturated rings. The molecule has 2 saturated heterocycles. The SMILES string of the molecule is Cc1ccc(S(=O)(=O)N/N=C/[C@H]2OC(C)(C)O[C@@H]2[C@H]2COC(C)(C)O2)cc1. The third-order valence-corrected chi connectivity index (χ3v) is 5.52. The zero-order valence-electron chi connectivity index (χ0n) is 16.1. The van der Waals surface area contributed by atoms with E-state index in [-0.39, 0.29) is 11.0 Å². The molecule has 0 amide bonds. The van der Waals surface area contributed by atoms with Crippen molar-refractivity contribution >= 4 is 16.2 Å². The lowest BCUT2D eigenvalue weighted by atomic mass is 10.1. The number of nitrogens with zero attached hydrogens (tertiary/aromatic N) is 1. The molecule has 1 N–H and O–H groups in total. The van der Waals surface area contributed by atoms with Crippen LogP contribution in [-0.4, -0.2) is 51.1 Å². The highest BCUT2D eigenvalue weighted by Crippen LogP contribution is 2.34. The highest BCUT2D eigenvalue weighted by molar-refractivity contribution is 7.89. The normalized spacial score (nSPS) is 30.0. The van der Waals surface area contributed by atoms with Gasteiger partial charge in [0.2, 0.25) is 0 Å². The molecule has 8 nitrogen and oxygen atoms in total. The summed E-state index contributed by atoms with van der Waals surface area (Å²) in [7, 11) is -3.75. The Bertz CT molecular complexity index is 804. The minimum absolute atomic E-state index is 0.139. The van der Waals surface area contributed by atoms with Crippen molar-refractivity contribution in [3.8, 4) is 0 Å². The van der Waals surface area contributed by atoms with Crippen LogP contribution in [0.4, 0.5) is 0 Å². The maximum Gasteiger partial charge on any atom is 0.276 e. The third kappa shape index (κ3) is 4.85. The third-order valence-electron chi connectivity index (χ3n) is 4.29. The van der Waals surface area contributed by atoms with Crippen LogP contribution >= 0.6 is 0 Å². The van der Waals surface area contributed by atoms with Crippen LogP contribution in [0.25, 0.3) is 0 Å². The molecule has 0 aliphatic carbocycles. The number of ether oxygens (including phenoxy) is 4. The molecule has 0 spiro atoms. The topological polar surface area (TPSA) is 95.5 Å². The molecule has 150 valence electrons. The van der Waals surface area contributed by atoms with E-state index in [0.717, 1.165) is 5.56 Å². The Labute approximate surface area is 159 Å². The first kappa shape index (κ1) is 20.2. The van der Waals surface area contributed by atoms with Crippen molar-refractivity contribution in [2.75, 3.05) is 6.61 Å². The number of aryl methyl sites for hydroxylation is 1. The predicted octanol–water partition coefficient (Wildman–Crippen LogP) is 1.93. The van der Waals surface area contributed by atoms with Gasteiger partial charge in [-0.15, -0.1) is 0 Å². The van der Waals surface area contributed by atoms with Gasteiger partial charge in [0.15, 0.2) is 11.6 Å². The van der Waals surface area contributed by atoms with Gasteiger partial charge >= 0.3 is 0 Å². The lowest BCUT2D eigenvalue weighted by Crippen LogP contribution is -2.39. The maximum absolute atomic E-state index is 12.3. The molecule has 1 aromatic rings. The summed E-state index contributed by atoms with van der Waals surface area (Å²) in [6.45, 7) is 9.46. The van der Waals surface area contributed by atoms with Gasteiger partial charge in [0.1, 0.15) is 18.3 Å². The molecule has 2 aliphatic heterocycles. The molecule has 0 bridgehead atoms. The number of hydrogen-bond acceptors (Lipinski definition) is 7. The summed E-state index contributed by atoms with van der Waals surface area (Å²) in [4.78, 5) is 2.35. The van der Waals surface area contributed by atoms with Gasteiger partial charge in [-0.3, -0.25) is 0 Å². The monoisotopic (exact) mass is 398 g/mol. The van der Waals surface area contributed by atoms with Crippen LogP contribution in [0, 0.1) is 6.92 Å². The number of nitrogens with one attached hydrogen (secondary N) is 1. The van der Waals surface area contributed by atoms with Crippen molar-refractivity contribution in [1.82, 2.24) is 4.83 Å². The van der Waals surface area contributed by atoms with E-state index in [1.54, 1.807) is 26.0 Å². The van der Waals surface area contributed by atoms with E-state index in [1.807, 2.05) is 20.8 Å². The largest absolute Gasteiger partial charge is 0.348 e. The molecule has 0 unspecified atom stereocenters. The first-order chi connectivity index (χ1) is 12.5. The fraction of sp³-hybridized carbons (Fsp3) is 0.611. The average Bonchev–Trinajstić information content (AvgIpc) is 3.06. The Hall–Kier alpha value is -1.52. The van der Waals surface area contributed by atoms with Gasteiger partial charge < -0.3 is 18.9 Å². The summed E-state index contributed by atoms with van der Waals surface area (Å²) in [6.07, 6.45) is 0.00405. The van der Waals surface area contributed by atoms with E-state index in [9.17, 15) is 8.42 Å². The fourth-order valence-electron chi connectivity index (χ4n) is 3.04. The molecule has 1 aromatic carbocycles. The van der Waals surface area contributed by atoms with Gasteiger partial charge in [0, 0.05) is 0 Å². The van der Waals surface area contributed by atoms with Crippen LogP contribution in [0.1, 0.15) is 33.3 Å². The second-order valence-electron chi connectivity index (χ2n) is 7.62. The molecule has 0 aromatic heterocycles. The van der Waals surface area contributed by atoms with Crippen LogP contribution in [0.2, 0.25) is 0 Å². The molecule has 3 atom stereocenters. The Morgan fingerprint density at radius 2 is 1.74 bits per heavy atom. The summed E-state index contributed by atoms with van der Waals surface area (Å²) in [5.41, 5.74) is 0.973. The molecule has 0 saturated carbocycles. The van der Waals surface area contributed by atoms with Crippen LogP contribution in [-0.2, 0) is 29.0 Å². The molecule has 3 rings (SSSR count). The predicted molar refractivity (Wildman–Crippen MR) is 98.7 cm³/mol. The molecule has 2 aliphatic rings. The molecule has 9 heteroatoms. The van der Waals surface area contributed by atoms with E-state index < -0.39 is 33.8 Å². The van der Waals surface area contributed by atoms with Gasteiger partial charge in [-0.1, -0.05) is 17.7 Å². The van der Waals surface area contributed by atoms with Crippen LogP contribution in [0.15, 0.2) is 34.3 Å². The Morgan fingerprint density at radius 3 is 2.33 bits per heavy atom. The first-order valence-electron chi connectivity index (χ1n) is 8.77. The number of benzene rings is 1. The Morgan fingerprint density at radius 1 is 1.07 bits per heavy atom. The molecular weight excluding hydrogens is 372 g/mol. The zero-order valence-corrected chi connectivity index (χ0v) is 16.9. The number of sulfonamides is 1. The number of rotatable bonds is 5. The standard InChI is InChI=1S/C18H26N2O6S/c1-12-6-8-13(9-7-12)27(21,22)20-19-10-14-16(26-18(4,5)24-14)15-11-23-17(2,3)25-15/h6-10,14-16,20H,11H2,1-5H3/b19-10+/t14-,15-,16+/m1/s1. The summed E-state index contributed by atoms with van der Waals surface area (Å²) >= 11 is 0. The summed E-state index contributed by atoms with van der Waals surface area (Å²) in [5, 5.41) is 3.88. The van der Waals surface area contributed by atoms with E-state index in [2.05, 4.69) is 9.93 Å². The summed E-state index contributed by atoms with van der Waals surface area (Å²) < 4.78 is 47.9. The Kier molecular flexibility index (Phi) is 5.35. The summed E-state index contributed by atoms with van der Waals surface area (Å²) in [5.74, 6) is -1.54. The fourth-order valence-corrected chi connectivity index (χ4v) is 3.84. The van der Waals surface area contributed by atoms with Crippen molar-refractivity contribution in [1.29, 1.82) is 0 Å². The highest BCUT2D eigenvalue weighted by atomic mass is 32.2. The Balaban J connectivity index is 1.69. The maximum atomic E-state index is 12.3. The van der Waals surface area contributed by atoms with Gasteiger partial charge in [0.25, 0.3) is 10.0 Å². The highest BCUT2D eigenvalue weighted by Gasteiger charge is 2.49. The van der Waals surface area contributed by atoms with Gasteiger partial charge in [-0.05, 0) is 46.8 Å². The van der Waals surface area contributed by atoms with Crippen molar-refractivity contribution in [2.45, 2.75) is 69.4 Å². The number of hydrogen-bond donors (Lipinski definition) is 1. The minimum Gasteiger partial charge on any atom is -0.348 e. The van der Waals surface area contributed by atoms with Crippen molar-refractivity contribution in [2.24, 2.45) is 5.10 Å². The average molecular weight is 398 g/mol. The van der Waals surface area contributed by atoms with E-state index >= 15 is 0 Å². The zero-order chi connectivity index (χ0) is 19.9. The molecule has 27 heavy (non-hydrogen) atoms. The quantitative estimate of drug-likeness (QED) is 0.602. The summed E-state index contributed by atoms with van der Waals surface area (Å²) in [6, 6.07) is 6.51. The lowest BCUT2D eigenvalue weighted by molar-refractivity contribution is -0.174. The lowest BCUT2D eigenvalue weighted by Gasteiger charge is -2.22. The van der Waals surface area contributed by atoms with Gasteiger partial charge in [-0.25, -0.2) is 4.83 Å². The second kappa shape index (κ2) is 7.14. The van der Waals surface area contributed by atoms with Crippen molar-refractivity contribution in [3.63, 3.8) is 0 Å². The van der Waals surface area contributed by atoms with Crippen molar-refractivity contribution in [3.05, 3.63) is 29.8 Å². The van der Waals surface area contributed by atoms with Crippen LogP contribution in [0.5, 0.6) is 0 Å². The smallest absolute Gasteiger partial charge is 0.276 e. The minimum atomic E-state index is -3.75. The van der Waals surface area contributed by atoms with Gasteiger partial charge in [-0.2, -0.15) is 13.5 Å². The van der Waals surface area contributed by atoms with E-state index in [1.165, 1.54) is 18.3 Å². The van der Waals surface area contributed by atoms with Crippen molar-refractivity contribution < 1.29 is 27.4 Å². The first-order valence-corrected chi connectivity index (χ1v) is 10.2. The molecule has 2 heterocycles. The van der Waals surface area contributed by atoms with E-state index in [0.29, 0.717) is 6.61 Å². The van der Waals surface area contributed by atoms with Crippen LogP contribution in [0.3, 0.4) is 0 Å². The molecule has 0 radical (unpaired) electrons.